The van der Waals surface area contributed by atoms with Gasteiger partial charge in [0, 0.05) is 55.6 Å². The molecule has 0 saturated carbocycles. The summed E-state index contributed by atoms with van der Waals surface area (Å²) in [5.41, 5.74) is 1.42. The minimum absolute atomic E-state index is 0.0617. The van der Waals surface area contributed by atoms with Crippen LogP contribution in [0.2, 0.25) is 0 Å². The number of amides is 2. The molecule has 2 amide bonds. The lowest BCUT2D eigenvalue weighted by atomic mass is 9.70. The van der Waals surface area contributed by atoms with Gasteiger partial charge in [0.2, 0.25) is 5.91 Å². The summed E-state index contributed by atoms with van der Waals surface area (Å²) in [6, 6.07) is 2.20. The van der Waals surface area contributed by atoms with Crippen molar-refractivity contribution in [3.63, 3.8) is 0 Å². The molecule has 3 atom stereocenters. The van der Waals surface area contributed by atoms with E-state index in [1.165, 1.54) is 0 Å². The highest BCUT2D eigenvalue weighted by molar-refractivity contribution is 7.99. The number of nitrogens with zero attached hydrogens (tertiary/aromatic N) is 3. The van der Waals surface area contributed by atoms with E-state index in [0.717, 1.165) is 61.5 Å². The molecule has 3 saturated heterocycles. The molecule has 1 aromatic heterocycles. The second kappa shape index (κ2) is 6.63. The molecule has 5 nitrogen and oxygen atoms in total. The molecule has 6 heteroatoms. The van der Waals surface area contributed by atoms with E-state index < -0.39 is 0 Å². The molecular formula is C20H29N3O2S. The molecule has 4 heterocycles. The second-order valence-electron chi connectivity index (χ2n) is 8.00. The predicted molar refractivity (Wildman–Crippen MR) is 104 cm³/mol. The van der Waals surface area contributed by atoms with Crippen LogP contribution in [0.5, 0.6) is 0 Å². The number of aromatic nitrogens is 1. The maximum Gasteiger partial charge on any atom is 0.256 e. The Bertz CT molecular complexity index is 725. The Morgan fingerprint density at radius 1 is 1.27 bits per heavy atom. The summed E-state index contributed by atoms with van der Waals surface area (Å²) in [5.74, 6) is 2.49. The Labute approximate surface area is 160 Å². The zero-order valence-corrected chi connectivity index (χ0v) is 16.8. The lowest BCUT2D eigenvalue weighted by Gasteiger charge is -2.40. The molecule has 0 aliphatic carbocycles. The van der Waals surface area contributed by atoms with E-state index in [4.69, 9.17) is 0 Å². The van der Waals surface area contributed by atoms with Crippen molar-refractivity contribution in [2.75, 3.05) is 24.6 Å². The lowest BCUT2D eigenvalue weighted by Crippen LogP contribution is -2.53. The molecule has 3 aliphatic heterocycles. The number of fused-ring (bicyclic) bond motifs is 2. The van der Waals surface area contributed by atoms with E-state index in [0.29, 0.717) is 5.91 Å². The van der Waals surface area contributed by atoms with Crippen molar-refractivity contribution < 1.29 is 9.59 Å². The fourth-order valence-corrected chi connectivity index (χ4v) is 6.21. The number of hydrogen-bond donors (Lipinski definition) is 0. The van der Waals surface area contributed by atoms with Gasteiger partial charge in [-0.25, -0.2) is 0 Å². The van der Waals surface area contributed by atoms with Gasteiger partial charge in [0.25, 0.3) is 5.91 Å². The minimum Gasteiger partial charge on any atom is -0.354 e. The van der Waals surface area contributed by atoms with Crippen molar-refractivity contribution in [2.45, 2.75) is 51.6 Å². The normalized spacial score (nSPS) is 30.9. The Morgan fingerprint density at radius 3 is 2.62 bits per heavy atom. The predicted octanol–water partition coefficient (Wildman–Crippen LogP) is 2.68. The summed E-state index contributed by atoms with van der Waals surface area (Å²) < 4.78 is 1.99. The zero-order valence-electron chi connectivity index (χ0n) is 16.0. The Balaban J connectivity index is 1.63. The molecule has 4 rings (SSSR count). The van der Waals surface area contributed by atoms with Crippen LogP contribution in [0.15, 0.2) is 12.3 Å². The third-order valence-electron chi connectivity index (χ3n) is 6.94. The van der Waals surface area contributed by atoms with E-state index in [2.05, 4.69) is 16.7 Å². The third kappa shape index (κ3) is 2.52. The first-order valence-electron chi connectivity index (χ1n) is 9.81. The van der Waals surface area contributed by atoms with Gasteiger partial charge in [-0.3, -0.25) is 9.59 Å². The molecule has 1 aromatic rings. The SMILES string of the molecule is CC[C@@]1(C(=O)N2CCSCC2)C[C@@H]2CC[C@H]1N2C(=O)c1ccn(C)c1C. The van der Waals surface area contributed by atoms with Crippen molar-refractivity contribution in [1.29, 1.82) is 0 Å². The first kappa shape index (κ1) is 18.0. The summed E-state index contributed by atoms with van der Waals surface area (Å²) in [7, 11) is 1.97. The monoisotopic (exact) mass is 375 g/mol. The van der Waals surface area contributed by atoms with Crippen molar-refractivity contribution in [3.05, 3.63) is 23.5 Å². The summed E-state index contributed by atoms with van der Waals surface area (Å²) >= 11 is 1.93. The minimum atomic E-state index is -0.372. The molecule has 26 heavy (non-hydrogen) atoms. The van der Waals surface area contributed by atoms with Crippen LogP contribution < -0.4 is 0 Å². The highest BCUT2D eigenvalue weighted by Crippen LogP contribution is 2.53. The van der Waals surface area contributed by atoms with Crippen molar-refractivity contribution >= 4 is 23.6 Å². The van der Waals surface area contributed by atoms with Crippen LogP contribution in [0.25, 0.3) is 0 Å². The molecule has 3 aliphatic rings. The molecule has 0 radical (unpaired) electrons. The Hall–Kier alpha value is -1.43. The third-order valence-corrected chi connectivity index (χ3v) is 7.89. The van der Waals surface area contributed by atoms with Crippen LogP contribution in [0.4, 0.5) is 0 Å². The van der Waals surface area contributed by atoms with E-state index in [-0.39, 0.29) is 23.4 Å². The Morgan fingerprint density at radius 2 is 2.00 bits per heavy atom. The van der Waals surface area contributed by atoms with Crippen molar-refractivity contribution in [2.24, 2.45) is 12.5 Å². The topological polar surface area (TPSA) is 45.6 Å². The number of rotatable bonds is 3. The molecule has 0 aromatic carbocycles. The second-order valence-corrected chi connectivity index (χ2v) is 9.23. The van der Waals surface area contributed by atoms with Crippen molar-refractivity contribution in [3.8, 4) is 0 Å². The highest BCUT2D eigenvalue weighted by Gasteiger charge is 2.61. The molecule has 0 N–H and O–H groups in total. The number of carbonyl (C=O) groups excluding carboxylic acids is 2. The summed E-state index contributed by atoms with van der Waals surface area (Å²) in [5, 5.41) is 0. The molecular weight excluding hydrogens is 346 g/mol. The fraction of sp³-hybridized carbons (Fsp3) is 0.700. The number of thioether (sulfide) groups is 1. The maximum atomic E-state index is 13.5. The van der Waals surface area contributed by atoms with Crippen molar-refractivity contribution in [1.82, 2.24) is 14.4 Å². The van der Waals surface area contributed by atoms with E-state index in [1.807, 2.05) is 42.6 Å². The first-order valence-corrected chi connectivity index (χ1v) is 11.0. The molecule has 0 unspecified atom stereocenters. The molecule has 142 valence electrons. The summed E-state index contributed by atoms with van der Waals surface area (Å²) in [6.07, 6.45) is 5.62. The van der Waals surface area contributed by atoms with Gasteiger partial charge < -0.3 is 14.4 Å². The highest BCUT2D eigenvalue weighted by atomic mass is 32.2. The largest absolute Gasteiger partial charge is 0.354 e. The fourth-order valence-electron chi connectivity index (χ4n) is 5.31. The quantitative estimate of drug-likeness (QED) is 0.816. The van der Waals surface area contributed by atoms with Crippen LogP contribution in [0, 0.1) is 12.3 Å². The van der Waals surface area contributed by atoms with Crippen LogP contribution in [0.1, 0.15) is 48.7 Å². The summed E-state index contributed by atoms with van der Waals surface area (Å²) in [6.45, 7) is 5.84. The zero-order chi connectivity index (χ0) is 18.5. The van der Waals surface area contributed by atoms with Crippen LogP contribution >= 0.6 is 11.8 Å². The number of hydrogen-bond acceptors (Lipinski definition) is 3. The van der Waals surface area contributed by atoms with Gasteiger partial charge in [-0.15, -0.1) is 0 Å². The molecule has 2 bridgehead atoms. The smallest absolute Gasteiger partial charge is 0.256 e. The van der Waals surface area contributed by atoms with E-state index >= 15 is 0 Å². The van der Waals surface area contributed by atoms with Gasteiger partial charge >= 0.3 is 0 Å². The Kier molecular flexibility index (Phi) is 4.58. The molecule has 3 fully saturated rings. The van der Waals surface area contributed by atoms with Gasteiger partial charge in [0.05, 0.1) is 11.0 Å². The number of aryl methyl sites for hydroxylation is 1. The molecule has 0 spiro atoms. The number of carbonyl (C=O) groups is 2. The van der Waals surface area contributed by atoms with Gasteiger partial charge in [0.15, 0.2) is 0 Å². The average Bonchev–Trinajstić information content (AvgIpc) is 3.33. The standard InChI is InChI=1S/C20H29N3O2S/c1-4-20(19(25)22-9-11-26-12-10-22)13-15-5-6-17(20)23(15)18(24)16-7-8-21(3)14(16)2/h7-8,15,17H,4-6,9-13H2,1-3H3/t15-,17+,20+/m0/s1. The van der Waals surface area contributed by atoms with E-state index in [1.54, 1.807) is 0 Å². The average molecular weight is 376 g/mol. The summed E-state index contributed by atoms with van der Waals surface area (Å²) in [4.78, 5) is 31.0. The van der Waals surface area contributed by atoms with Gasteiger partial charge in [-0.05, 0) is 38.7 Å². The lowest BCUT2D eigenvalue weighted by molar-refractivity contribution is -0.143. The van der Waals surface area contributed by atoms with Crippen LogP contribution in [0.3, 0.4) is 0 Å². The maximum absolute atomic E-state index is 13.5. The van der Waals surface area contributed by atoms with Gasteiger partial charge in [-0.2, -0.15) is 11.8 Å². The van der Waals surface area contributed by atoms with Gasteiger partial charge in [-0.1, -0.05) is 6.92 Å². The first-order chi connectivity index (χ1) is 12.5. The van der Waals surface area contributed by atoms with Crippen LogP contribution in [-0.2, 0) is 11.8 Å². The van der Waals surface area contributed by atoms with Gasteiger partial charge in [0.1, 0.15) is 0 Å². The van der Waals surface area contributed by atoms with E-state index in [9.17, 15) is 9.59 Å². The van der Waals surface area contributed by atoms with Crippen LogP contribution in [-0.4, -0.2) is 62.9 Å².